The Hall–Kier alpha value is -0.710. The molecule has 0 bridgehead atoms. The summed E-state index contributed by atoms with van der Waals surface area (Å²) in [6.45, 7) is 8.63. The first kappa shape index (κ1) is 18.6. The Bertz CT molecular complexity index is 392. The van der Waals surface area contributed by atoms with Crippen molar-refractivity contribution in [1.29, 1.82) is 0 Å². The van der Waals surface area contributed by atoms with E-state index in [1.165, 1.54) is 46.1 Å². The molecule has 2 heterocycles. The molecule has 2 aliphatic rings. The molecule has 3 nitrogen and oxygen atoms in total. The molecule has 0 radical (unpaired) electrons. The van der Waals surface area contributed by atoms with E-state index in [0.717, 1.165) is 19.4 Å². The highest BCUT2D eigenvalue weighted by Gasteiger charge is 2.41. The number of halogens is 2. The van der Waals surface area contributed by atoms with Gasteiger partial charge in [0.2, 0.25) is 5.91 Å². The molecule has 0 saturated carbocycles. The van der Waals surface area contributed by atoms with Crippen molar-refractivity contribution in [2.24, 2.45) is 11.3 Å². The molecule has 0 aromatic carbocycles. The first-order valence-electron chi connectivity index (χ1n) is 9.14. The summed E-state index contributed by atoms with van der Waals surface area (Å²) in [5, 5.41) is 0. The van der Waals surface area contributed by atoms with Gasteiger partial charge in [-0.1, -0.05) is 6.42 Å². The van der Waals surface area contributed by atoms with Gasteiger partial charge in [0.15, 0.2) is 0 Å². The van der Waals surface area contributed by atoms with E-state index in [2.05, 4.69) is 11.8 Å². The molecule has 2 aliphatic heterocycles. The Morgan fingerprint density at radius 1 is 1.13 bits per heavy atom. The predicted molar refractivity (Wildman–Crippen MR) is 88.6 cm³/mol. The van der Waals surface area contributed by atoms with Gasteiger partial charge >= 0.3 is 0 Å². The monoisotopic (exact) mass is 330 g/mol. The van der Waals surface area contributed by atoms with Crippen molar-refractivity contribution in [1.82, 2.24) is 9.80 Å². The smallest absolute Gasteiger partial charge is 0.252 e. The number of likely N-dealkylation sites (tertiary alicyclic amines) is 2. The molecular formula is C18H32F2N2O. The minimum atomic E-state index is -2.60. The maximum absolute atomic E-state index is 13.0. The summed E-state index contributed by atoms with van der Waals surface area (Å²) < 4.78 is 26.0. The third-order valence-corrected chi connectivity index (χ3v) is 5.76. The van der Waals surface area contributed by atoms with Crippen LogP contribution in [0.5, 0.6) is 0 Å². The van der Waals surface area contributed by atoms with E-state index in [9.17, 15) is 13.6 Å². The Morgan fingerprint density at radius 3 is 2.35 bits per heavy atom. The number of hydrogen-bond donors (Lipinski definition) is 0. The summed E-state index contributed by atoms with van der Waals surface area (Å²) in [4.78, 5) is 16.5. The van der Waals surface area contributed by atoms with E-state index >= 15 is 0 Å². The molecule has 0 aromatic rings. The van der Waals surface area contributed by atoms with Gasteiger partial charge < -0.3 is 9.80 Å². The van der Waals surface area contributed by atoms with Crippen LogP contribution in [0.3, 0.4) is 0 Å². The zero-order chi connectivity index (χ0) is 17.0. The second-order valence-corrected chi connectivity index (χ2v) is 7.93. The SMILES string of the molecule is C[C@@H]1CCCCN1CCC1CCN(C(=O)C(C)(C)C(F)F)CC1. The van der Waals surface area contributed by atoms with Crippen LogP contribution in [-0.2, 0) is 4.79 Å². The van der Waals surface area contributed by atoms with Crippen molar-refractivity contribution < 1.29 is 13.6 Å². The van der Waals surface area contributed by atoms with Gasteiger partial charge in [-0.2, -0.15) is 0 Å². The van der Waals surface area contributed by atoms with Gasteiger partial charge in [0.25, 0.3) is 6.43 Å². The molecule has 2 rings (SSSR count). The number of nitrogens with zero attached hydrogens (tertiary/aromatic N) is 2. The van der Waals surface area contributed by atoms with E-state index < -0.39 is 17.7 Å². The van der Waals surface area contributed by atoms with Crippen LogP contribution in [0.2, 0.25) is 0 Å². The van der Waals surface area contributed by atoms with Crippen molar-refractivity contribution >= 4 is 5.91 Å². The van der Waals surface area contributed by atoms with Crippen LogP contribution in [-0.4, -0.2) is 54.4 Å². The lowest BCUT2D eigenvalue weighted by Gasteiger charge is -2.38. The zero-order valence-corrected chi connectivity index (χ0v) is 14.9. The second-order valence-electron chi connectivity index (χ2n) is 7.93. The topological polar surface area (TPSA) is 23.6 Å². The molecule has 2 saturated heterocycles. The van der Waals surface area contributed by atoms with E-state index in [0.29, 0.717) is 25.0 Å². The van der Waals surface area contributed by atoms with Crippen LogP contribution in [0, 0.1) is 11.3 Å². The van der Waals surface area contributed by atoms with Crippen LogP contribution >= 0.6 is 0 Å². The van der Waals surface area contributed by atoms with Crippen LogP contribution in [0.25, 0.3) is 0 Å². The third kappa shape index (κ3) is 4.65. The maximum atomic E-state index is 13.0. The third-order valence-electron chi connectivity index (χ3n) is 5.76. The summed E-state index contributed by atoms with van der Waals surface area (Å²) in [5.74, 6) is 0.235. The molecule has 134 valence electrons. The molecule has 1 amide bonds. The zero-order valence-electron chi connectivity index (χ0n) is 14.9. The maximum Gasteiger partial charge on any atom is 0.252 e. The molecule has 0 aromatic heterocycles. The van der Waals surface area contributed by atoms with Gasteiger partial charge in [0, 0.05) is 19.1 Å². The summed E-state index contributed by atoms with van der Waals surface area (Å²) in [6.07, 6.45) is 4.42. The lowest BCUT2D eigenvalue weighted by molar-refractivity contribution is -0.150. The Labute approximate surface area is 139 Å². The van der Waals surface area contributed by atoms with Gasteiger partial charge in [-0.05, 0) is 71.9 Å². The summed E-state index contributed by atoms with van der Waals surface area (Å²) >= 11 is 0. The second kappa shape index (κ2) is 7.91. The van der Waals surface area contributed by atoms with E-state index in [4.69, 9.17) is 0 Å². The lowest BCUT2D eigenvalue weighted by Crippen LogP contribution is -2.48. The molecular weight excluding hydrogens is 298 g/mol. The molecule has 1 atom stereocenters. The minimum absolute atomic E-state index is 0.393. The first-order chi connectivity index (χ1) is 10.8. The van der Waals surface area contributed by atoms with Crippen molar-refractivity contribution in [2.45, 2.75) is 71.8 Å². The molecule has 2 fully saturated rings. The summed E-state index contributed by atoms with van der Waals surface area (Å²) in [7, 11) is 0. The van der Waals surface area contributed by atoms with Gasteiger partial charge in [-0.15, -0.1) is 0 Å². The van der Waals surface area contributed by atoms with Crippen molar-refractivity contribution in [3.63, 3.8) is 0 Å². The number of carbonyl (C=O) groups excluding carboxylic acids is 1. The number of piperidine rings is 2. The lowest BCUT2D eigenvalue weighted by atomic mass is 9.88. The van der Waals surface area contributed by atoms with Crippen molar-refractivity contribution in [3.05, 3.63) is 0 Å². The number of carbonyl (C=O) groups is 1. The molecule has 0 aliphatic carbocycles. The van der Waals surface area contributed by atoms with E-state index in [-0.39, 0.29) is 0 Å². The molecule has 0 spiro atoms. The van der Waals surface area contributed by atoms with Crippen LogP contribution in [0.4, 0.5) is 8.78 Å². The molecule has 5 heteroatoms. The Kier molecular flexibility index (Phi) is 6.40. The highest BCUT2D eigenvalue weighted by atomic mass is 19.3. The standard InChI is InChI=1S/C18H32F2N2O/c1-14-6-4-5-10-21(14)11-7-15-8-12-22(13-9-15)17(23)18(2,3)16(19)20/h14-16H,4-13H2,1-3H3/t14-/m1/s1. The highest BCUT2D eigenvalue weighted by Crippen LogP contribution is 2.30. The Balaban J connectivity index is 1.74. The van der Waals surface area contributed by atoms with Crippen LogP contribution in [0.1, 0.15) is 59.3 Å². The fourth-order valence-corrected chi connectivity index (χ4v) is 3.76. The van der Waals surface area contributed by atoms with Crippen molar-refractivity contribution in [2.75, 3.05) is 26.2 Å². The predicted octanol–water partition coefficient (Wildman–Crippen LogP) is 3.78. The average Bonchev–Trinajstić information content (AvgIpc) is 2.53. The van der Waals surface area contributed by atoms with Gasteiger partial charge in [0.05, 0.1) is 0 Å². The quantitative estimate of drug-likeness (QED) is 0.766. The fourth-order valence-electron chi connectivity index (χ4n) is 3.76. The van der Waals surface area contributed by atoms with Crippen LogP contribution < -0.4 is 0 Å². The molecule has 0 N–H and O–H groups in total. The average molecular weight is 330 g/mol. The molecule has 0 unspecified atom stereocenters. The first-order valence-corrected chi connectivity index (χ1v) is 9.14. The molecule has 23 heavy (non-hydrogen) atoms. The van der Waals surface area contributed by atoms with Crippen molar-refractivity contribution in [3.8, 4) is 0 Å². The fraction of sp³-hybridized carbons (Fsp3) is 0.944. The number of amides is 1. The van der Waals surface area contributed by atoms with Crippen LogP contribution in [0.15, 0.2) is 0 Å². The highest BCUT2D eigenvalue weighted by molar-refractivity contribution is 5.82. The van der Waals surface area contributed by atoms with Gasteiger partial charge in [-0.25, -0.2) is 8.78 Å². The normalized spacial score (nSPS) is 25.1. The largest absolute Gasteiger partial charge is 0.342 e. The minimum Gasteiger partial charge on any atom is -0.342 e. The number of rotatable bonds is 5. The van der Waals surface area contributed by atoms with E-state index in [1.807, 2.05) is 0 Å². The summed E-state index contributed by atoms with van der Waals surface area (Å²) in [6, 6.07) is 0.692. The van der Waals surface area contributed by atoms with Gasteiger partial charge in [-0.3, -0.25) is 4.79 Å². The van der Waals surface area contributed by atoms with Gasteiger partial charge in [0.1, 0.15) is 5.41 Å². The summed E-state index contributed by atoms with van der Waals surface area (Å²) in [5.41, 5.74) is -1.56. The number of alkyl halides is 2. The Morgan fingerprint density at radius 2 is 1.78 bits per heavy atom. The van der Waals surface area contributed by atoms with E-state index in [1.54, 1.807) is 4.90 Å². The number of hydrogen-bond acceptors (Lipinski definition) is 2.